The predicted molar refractivity (Wildman–Crippen MR) is 130 cm³/mol. The molecule has 1 aliphatic rings. The molecular weight excluding hydrogens is 479 g/mol. The Labute approximate surface area is 193 Å². The Balaban J connectivity index is 0.00000420. The zero-order chi connectivity index (χ0) is 20.2. The van der Waals surface area contributed by atoms with Gasteiger partial charge in [-0.05, 0) is 32.1 Å². The second-order valence-corrected chi connectivity index (χ2v) is 7.81. The van der Waals surface area contributed by atoms with Crippen molar-refractivity contribution in [1.82, 2.24) is 25.4 Å². The fraction of sp³-hybridized carbons (Fsp3) is 0.857. The molecule has 0 spiro atoms. The van der Waals surface area contributed by atoms with Gasteiger partial charge in [-0.1, -0.05) is 40.0 Å². The lowest BCUT2D eigenvalue weighted by Gasteiger charge is -2.23. The SMILES string of the molecule is CCCCC(CC)CN=C(NCCn1cnnc1CC)NC(C)C1CCCO1.I. The van der Waals surface area contributed by atoms with Crippen molar-refractivity contribution in [1.29, 1.82) is 0 Å². The standard InChI is InChI=1S/C21H40N6O.HI/c1-5-8-10-18(6-2)15-23-21(25-17(4)19-11-9-14-28-19)22-12-13-27-16-24-26-20(27)7-3;/h16-19H,5-15H2,1-4H3,(H2,22,23,25);1H. The van der Waals surface area contributed by atoms with Crippen molar-refractivity contribution < 1.29 is 4.74 Å². The first kappa shape index (κ1) is 26.1. The number of halogens is 1. The highest BCUT2D eigenvalue weighted by Gasteiger charge is 2.23. The number of hydrogen-bond donors (Lipinski definition) is 2. The van der Waals surface area contributed by atoms with Crippen molar-refractivity contribution in [2.24, 2.45) is 10.9 Å². The smallest absolute Gasteiger partial charge is 0.191 e. The monoisotopic (exact) mass is 520 g/mol. The van der Waals surface area contributed by atoms with E-state index in [1.807, 2.05) is 0 Å². The first-order valence-corrected chi connectivity index (χ1v) is 11.2. The Kier molecular flexibility index (Phi) is 13.5. The molecule has 8 heteroatoms. The van der Waals surface area contributed by atoms with Crippen LogP contribution in [0, 0.1) is 5.92 Å². The number of hydrogen-bond acceptors (Lipinski definition) is 4. The fourth-order valence-corrected chi connectivity index (χ4v) is 3.63. The third-order valence-corrected chi connectivity index (χ3v) is 5.59. The molecule has 0 aliphatic carbocycles. The molecule has 2 rings (SSSR count). The molecule has 1 aromatic heterocycles. The van der Waals surface area contributed by atoms with Crippen molar-refractivity contribution in [2.75, 3.05) is 19.7 Å². The van der Waals surface area contributed by atoms with Gasteiger partial charge in [0.25, 0.3) is 0 Å². The van der Waals surface area contributed by atoms with Gasteiger partial charge in [0, 0.05) is 32.7 Å². The largest absolute Gasteiger partial charge is 0.376 e. The molecule has 0 bridgehead atoms. The first-order chi connectivity index (χ1) is 13.7. The maximum Gasteiger partial charge on any atom is 0.191 e. The molecule has 0 saturated carbocycles. The van der Waals surface area contributed by atoms with Crippen molar-refractivity contribution >= 4 is 29.9 Å². The van der Waals surface area contributed by atoms with Gasteiger partial charge in [-0.2, -0.15) is 0 Å². The summed E-state index contributed by atoms with van der Waals surface area (Å²) in [4.78, 5) is 4.92. The van der Waals surface area contributed by atoms with Crippen LogP contribution in [0.4, 0.5) is 0 Å². The van der Waals surface area contributed by atoms with E-state index in [1.54, 1.807) is 6.33 Å². The molecule has 0 radical (unpaired) electrons. The van der Waals surface area contributed by atoms with E-state index in [-0.39, 0.29) is 36.1 Å². The summed E-state index contributed by atoms with van der Waals surface area (Å²) in [5.74, 6) is 2.57. The zero-order valence-electron chi connectivity index (χ0n) is 18.7. The third kappa shape index (κ3) is 9.19. The lowest BCUT2D eigenvalue weighted by molar-refractivity contribution is 0.0890. The number of nitrogens with zero attached hydrogens (tertiary/aromatic N) is 4. The van der Waals surface area contributed by atoms with Crippen LogP contribution in [0.25, 0.3) is 0 Å². The molecule has 1 fully saturated rings. The highest BCUT2D eigenvalue weighted by atomic mass is 127. The Bertz CT molecular complexity index is 573. The van der Waals surface area contributed by atoms with Crippen LogP contribution in [0.2, 0.25) is 0 Å². The lowest BCUT2D eigenvalue weighted by Crippen LogP contribution is -2.48. The van der Waals surface area contributed by atoms with Crippen LogP contribution in [0.5, 0.6) is 0 Å². The van der Waals surface area contributed by atoms with Gasteiger partial charge in [-0.15, -0.1) is 34.2 Å². The second kappa shape index (κ2) is 15.0. The molecule has 29 heavy (non-hydrogen) atoms. The van der Waals surface area contributed by atoms with Crippen LogP contribution in [0.15, 0.2) is 11.3 Å². The molecule has 1 aliphatic heterocycles. The Morgan fingerprint density at radius 3 is 2.86 bits per heavy atom. The van der Waals surface area contributed by atoms with Crippen LogP contribution in [-0.4, -0.2) is 52.6 Å². The number of aliphatic imine (C=N–C) groups is 1. The van der Waals surface area contributed by atoms with Gasteiger partial charge < -0.3 is 19.9 Å². The average Bonchev–Trinajstić information content (AvgIpc) is 3.39. The Morgan fingerprint density at radius 2 is 2.21 bits per heavy atom. The fourth-order valence-electron chi connectivity index (χ4n) is 3.63. The minimum Gasteiger partial charge on any atom is -0.376 e. The number of rotatable bonds is 12. The molecule has 2 N–H and O–H groups in total. The van der Waals surface area contributed by atoms with Crippen LogP contribution >= 0.6 is 24.0 Å². The van der Waals surface area contributed by atoms with Crippen molar-refractivity contribution in [3.05, 3.63) is 12.2 Å². The van der Waals surface area contributed by atoms with E-state index in [0.29, 0.717) is 5.92 Å². The van der Waals surface area contributed by atoms with Crippen molar-refractivity contribution in [3.63, 3.8) is 0 Å². The van der Waals surface area contributed by atoms with E-state index >= 15 is 0 Å². The van der Waals surface area contributed by atoms with Gasteiger partial charge >= 0.3 is 0 Å². The number of aryl methyl sites for hydroxylation is 1. The minimum absolute atomic E-state index is 0. The zero-order valence-corrected chi connectivity index (χ0v) is 21.0. The molecular formula is C21H41IN6O. The number of guanidine groups is 1. The normalized spacial score (nSPS) is 18.9. The van der Waals surface area contributed by atoms with Crippen LogP contribution in [0.1, 0.15) is 72.0 Å². The summed E-state index contributed by atoms with van der Waals surface area (Å²) < 4.78 is 7.94. The molecule has 1 aromatic rings. The molecule has 3 unspecified atom stereocenters. The number of ether oxygens (including phenoxy) is 1. The average molecular weight is 521 g/mol. The van der Waals surface area contributed by atoms with Gasteiger partial charge in [0.2, 0.25) is 0 Å². The molecule has 3 atom stereocenters. The number of aromatic nitrogens is 3. The van der Waals surface area contributed by atoms with Crippen LogP contribution in [-0.2, 0) is 17.7 Å². The quantitative estimate of drug-likeness (QED) is 0.249. The van der Waals surface area contributed by atoms with Crippen LogP contribution < -0.4 is 10.6 Å². The van der Waals surface area contributed by atoms with Gasteiger partial charge in [-0.3, -0.25) is 4.99 Å². The van der Waals surface area contributed by atoms with E-state index in [2.05, 4.69) is 53.1 Å². The summed E-state index contributed by atoms with van der Waals surface area (Å²) in [6, 6.07) is 0.255. The molecule has 7 nitrogen and oxygen atoms in total. The van der Waals surface area contributed by atoms with E-state index in [0.717, 1.165) is 57.3 Å². The summed E-state index contributed by atoms with van der Waals surface area (Å²) in [7, 11) is 0. The van der Waals surface area contributed by atoms with Crippen molar-refractivity contribution in [3.8, 4) is 0 Å². The maximum absolute atomic E-state index is 5.84. The summed E-state index contributed by atoms with van der Waals surface area (Å²) in [6.45, 7) is 12.2. The molecule has 0 aromatic carbocycles. The maximum atomic E-state index is 5.84. The van der Waals surface area contributed by atoms with E-state index < -0.39 is 0 Å². The third-order valence-electron chi connectivity index (χ3n) is 5.59. The highest BCUT2D eigenvalue weighted by Crippen LogP contribution is 2.16. The Hall–Kier alpha value is -0.900. The highest BCUT2D eigenvalue weighted by molar-refractivity contribution is 14.0. The van der Waals surface area contributed by atoms with E-state index in [9.17, 15) is 0 Å². The minimum atomic E-state index is 0. The molecule has 1 saturated heterocycles. The summed E-state index contributed by atoms with van der Waals surface area (Å²) in [6.07, 6.45) is 10.2. The first-order valence-electron chi connectivity index (χ1n) is 11.2. The predicted octanol–water partition coefficient (Wildman–Crippen LogP) is 3.78. The number of nitrogens with one attached hydrogen (secondary N) is 2. The van der Waals surface area contributed by atoms with Crippen LogP contribution in [0.3, 0.4) is 0 Å². The molecule has 0 amide bonds. The van der Waals surface area contributed by atoms with Gasteiger partial charge in [0.05, 0.1) is 12.1 Å². The topological polar surface area (TPSA) is 76.4 Å². The lowest BCUT2D eigenvalue weighted by atomic mass is 10.00. The van der Waals surface area contributed by atoms with Gasteiger partial charge in [-0.25, -0.2) is 0 Å². The van der Waals surface area contributed by atoms with Crippen molar-refractivity contribution in [2.45, 2.75) is 91.3 Å². The molecule has 2 heterocycles. The van der Waals surface area contributed by atoms with E-state index in [1.165, 1.54) is 25.7 Å². The number of unbranched alkanes of at least 4 members (excludes halogenated alkanes) is 1. The van der Waals surface area contributed by atoms with E-state index in [4.69, 9.17) is 9.73 Å². The Morgan fingerprint density at radius 1 is 1.38 bits per heavy atom. The van der Waals surface area contributed by atoms with Gasteiger partial charge in [0.15, 0.2) is 5.96 Å². The summed E-state index contributed by atoms with van der Waals surface area (Å²) >= 11 is 0. The summed E-state index contributed by atoms with van der Waals surface area (Å²) in [5, 5.41) is 15.3. The van der Waals surface area contributed by atoms with Gasteiger partial charge in [0.1, 0.15) is 12.2 Å². The summed E-state index contributed by atoms with van der Waals surface area (Å²) in [5.41, 5.74) is 0. The molecule has 168 valence electrons. The second-order valence-electron chi connectivity index (χ2n) is 7.81.